The largest absolute Gasteiger partial charge is 3.00 e. The predicted molar refractivity (Wildman–Crippen MR) is 142 cm³/mol. The topological polar surface area (TPSA) is 85.7 Å². The molecule has 0 saturated heterocycles. The number of fused-ring (bicyclic) bond motifs is 8. The summed E-state index contributed by atoms with van der Waals surface area (Å²) < 4.78 is 0. The molecule has 2 aromatic carbocycles. The predicted octanol–water partition coefficient (Wildman–Crippen LogP) is 5.82. The van der Waals surface area contributed by atoms with Crippen molar-refractivity contribution in [3.8, 4) is 0 Å². The first-order chi connectivity index (χ1) is 17.8. The SMILES string of the molecule is C[C-]1CCC2C=CC=C[C@@H]12.[C-]=O.[C-]=O.[Mo+3].c1ccc2nc3c4cccnc4c4ncccc4c3nc2c1. The molecule has 0 amide bonds. The average Bonchev–Trinajstić information content (AvgIpc) is 3.35. The molecule has 1 fully saturated rings. The number of carbonyl (C=O) groups excluding carboxylic acids is 2. The molecule has 7 rings (SSSR count). The van der Waals surface area contributed by atoms with E-state index in [9.17, 15) is 0 Å². The van der Waals surface area contributed by atoms with Crippen LogP contribution >= 0.6 is 0 Å². The summed E-state index contributed by atoms with van der Waals surface area (Å²) in [5.41, 5.74) is 5.28. The van der Waals surface area contributed by atoms with Crippen LogP contribution in [0, 0.1) is 17.8 Å². The third-order valence-corrected chi connectivity index (χ3v) is 6.61. The zero-order valence-corrected chi connectivity index (χ0v) is 22.2. The van der Waals surface area contributed by atoms with Crippen LogP contribution in [-0.2, 0) is 30.7 Å². The minimum atomic E-state index is 0. The van der Waals surface area contributed by atoms with Gasteiger partial charge in [0.05, 0.1) is 33.1 Å². The Labute approximate surface area is 230 Å². The first-order valence-corrected chi connectivity index (χ1v) is 11.6. The van der Waals surface area contributed by atoms with Crippen molar-refractivity contribution >= 4 is 57.5 Å². The number of hydrogen-bond donors (Lipinski definition) is 0. The Kier molecular flexibility index (Phi) is 9.87. The van der Waals surface area contributed by atoms with E-state index in [1.165, 1.54) is 12.8 Å². The number of para-hydroxylation sites is 2. The second-order valence-electron chi connectivity index (χ2n) is 8.55. The fraction of sp³-hybridized carbons (Fsp3) is 0.167. The second-order valence-corrected chi connectivity index (χ2v) is 8.55. The van der Waals surface area contributed by atoms with Crippen LogP contribution in [0.1, 0.15) is 19.8 Å². The summed E-state index contributed by atoms with van der Waals surface area (Å²) >= 11 is 0. The quantitative estimate of drug-likeness (QED) is 0.102. The van der Waals surface area contributed by atoms with Crippen molar-refractivity contribution in [2.45, 2.75) is 19.8 Å². The molecular formula is C30H23MoN4O2. The van der Waals surface area contributed by atoms with E-state index in [4.69, 9.17) is 19.6 Å². The van der Waals surface area contributed by atoms with Crippen molar-refractivity contribution in [1.82, 2.24) is 19.9 Å². The standard InChI is InChI=1S/C18H10N4.C10H13.2CO.Mo/c1-2-8-14-13(7-1)21-17-11-5-3-9-19-15(11)16-12(18(17)22-14)6-4-10-20-16;1-8-6-7-9-4-2-3-5-10(8)9;2*1-2;/h1-10H;2-5,9-10H,6-7H2,1H3;;;/q;3*-1;+3/t;9?,10-;;;/m.0.../s1. The first kappa shape index (κ1) is 27.9. The van der Waals surface area contributed by atoms with Crippen LogP contribution in [0.15, 0.2) is 85.2 Å². The molecule has 1 saturated carbocycles. The summed E-state index contributed by atoms with van der Waals surface area (Å²) in [7, 11) is 0. The maximum Gasteiger partial charge on any atom is 3.00 e. The molecule has 1 unspecified atom stereocenters. The van der Waals surface area contributed by atoms with Crippen LogP contribution in [0.5, 0.6) is 0 Å². The number of aromatic nitrogens is 4. The molecule has 5 aromatic rings. The zero-order chi connectivity index (χ0) is 25.5. The molecule has 6 nitrogen and oxygen atoms in total. The number of pyridine rings is 2. The maximum absolute atomic E-state index is 7.50. The van der Waals surface area contributed by atoms with Gasteiger partial charge in [-0.05, 0) is 42.3 Å². The molecule has 181 valence electrons. The Bertz CT molecular complexity index is 1470. The van der Waals surface area contributed by atoms with Crippen LogP contribution in [0.2, 0.25) is 0 Å². The summed E-state index contributed by atoms with van der Waals surface area (Å²) in [5.74, 6) is 3.29. The molecule has 0 bridgehead atoms. The van der Waals surface area contributed by atoms with Gasteiger partial charge in [0.15, 0.2) is 0 Å². The third-order valence-electron chi connectivity index (χ3n) is 6.61. The minimum Gasteiger partial charge on any atom is -0.573 e. The van der Waals surface area contributed by atoms with Gasteiger partial charge in [-0.3, -0.25) is 9.97 Å². The molecule has 0 N–H and O–H groups in total. The van der Waals surface area contributed by atoms with Crippen molar-refractivity contribution in [3.63, 3.8) is 0 Å². The Morgan fingerprint density at radius 2 is 1.24 bits per heavy atom. The summed E-state index contributed by atoms with van der Waals surface area (Å²) in [5, 5.41) is 1.98. The van der Waals surface area contributed by atoms with E-state index >= 15 is 0 Å². The molecule has 7 heteroatoms. The molecular weight excluding hydrogens is 544 g/mol. The third kappa shape index (κ3) is 5.55. The van der Waals surface area contributed by atoms with Gasteiger partial charge in [-0.25, -0.2) is 9.97 Å². The smallest absolute Gasteiger partial charge is 0.573 e. The monoisotopic (exact) mass is 569 g/mol. The minimum absolute atomic E-state index is 0. The Morgan fingerprint density at radius 3 is 1.76 bits per heavy atom. The zero-order valence-electron chi connectivity index (χ0n) is 20.2. The van der Waals surface area contributed by atoms with Crippen LogP contribution in [0.25, 0.3) is 43.9 Å². The molecule has 0 spiro atoms. The second kappa shape index (κ2) is 13.1. The van der Waals surface area contributed by atoms with E-state index in [0.717, 1.165) is 55.7 Å². The molecule has 2 aliphatic carbocycles. The van der Waals surface area contributed by atoms with Gasteiger partial charge in [0, 0.05) is 23.2 Å². The summed E-state index contributed by atoms with van der Waals surface area (Å²) in [6.07, 6.45) is 15.3. The van der Waals surface area contributed by atoms with Crippen LogP contribution in [0.4, 0.5) is 0 Å². The van der Waals surface area contributed by atoms with Gasteiger partial charge in [-0.2, -0.15) is 13.3 Å². The first-order valence-electron chi connectivity index (χ1n) is 11.6. The van der Waals surface area contributed by atoms with Gasteiger partial charge in [0.2, 0.25) is 0 Å². The molecule has 3 radical (unpaired) electrons. The van der Waals surface area contributed by atoms with Crippen LogP contribution in [0.3, 0.4) is 0 Å². The normalized spacial score (nSPS) is 17.5. The molecule has 0 aliphatic heterocycles. The van der Waals surface area contributed by atoms with Crippen molar-refractivity contribution in [3.05, 3.63) is 91.1 Å². The van der Waals surface area contributed by atoms with E-state index < -0.39 is 0 Å². The van der Waals surface area contributed by atoms with Crippen molar-refractivity contribution in [1.29, 1.82) is 0 Å². The van der Waals surface area contributed by atoms with E-state index in [0.29, 0.717) is 0 Å². The Hall–Kier alpha value is -3.63. The van der Waals surface area contributed by atoms with Crippen LogP contribution < -0.4 is 0 Å². The number of allylic oxidation sites excluding steroid dienone is 4. The van der Waals surface area contributed by atoms with E-state index in [1.807, 2.05) is 48.5 Å². The van der Waals surface area contributed by atoms with E-state index in [2.05, 4.69) is 54.8 Å². The fourth-order valence-electron chi connectivity index (χ4n) is 4.97. The van der Waals surface area contributed by atoms with E-state index in [-0.39, 0.29) is 21.1 Å². The fourth-order valence-corrected chi connectivity index (χ4v) is 4.97. The Morgan fingerprint density at radius 1 is 0.730 bits per heavy atom. The summed E-state index contributed by atoms with van der Waals surface area (Å²) in [6, 6.07) is 15.8. The van der Waals surface area contributed by atoms with Crippen LogP contribution in [-0.4, -0.2) is 33.5 Å². The van der Waals surface area contributed by atoms with Crippen molar-refractivity contribution < 1.29 is 30.7 Å². The van der Waals surface area contributed by atoms with Gasteiger partial charge < -0.3 is 29.1 Å². The summed E-state index contributed by atoms with van der Waals surface area (Å²) in [4.78, 5) is 33.7. The average molecular weight is 567 g/mol. The molecule has 37 heavy (non-hydrogen) atoms. The summed E-state index contributed by atoms with van der Waals surface area (Å²) in [6.45, 7) is 11.3. The number of nitrogens with zero attached hydrogens (tertiary/aromatic N) is 4. The number of hydrogen-bond acceptors (Lipinski definition) is 6. The van der Waals surface area contributed by atoms with Crippen molar-refractivity contribution in [2.24, 2.45) is 11.8 Å². The van der Waals surface area contributed by atoms with Gasteiger partial charge in [-0.15, -0.1) is 12.0 Å². The van der Waals surface area contributed by atoms with Gasteiger partial charge in [-0.1, -0.05) is 36.8 Å². The number of rotatable bonds is 0. The molecule has 3 heterocycles. The van der Waals surface area contributed by atoms with Gasteiger partial charge >= 0.3 is 21.1 Å². The molecule has 3 aromatic heterocycles. The van der Waals surface area contributed by atoms with Gasteiger partial charge in [0.25, 0.3) is 0 Å². The van der Waals surface area contributed by atoms with Gasteiger partial charge in [0.1, 0.15) is 0 Å². The molecule has 2 aliphatic rings. The maximum atomic E-state index is 7.50. The number of benzene rings is 2. The molecule has 2 atom stereocenters. The van der Waals surface area contributed by atoms with E-state index in [1.54, 1.807) is 18.3 Å². The van der Waals surface area contributed by atoms with Crippen molar-refractivity contribution in [2.75, 3.05) is 0 Å². The Balaban J connectivity index is 0.000000214.